The average Bonchev–Trinajstić information content (AvgIpc) is 3.14. The number of nitrogens with zero attached hydrogens (tertiary/aromatic N) is 6. The molecule has 0 saturated carbocycles. The second-order valence-corrected chi connectivity index (χ2v) is 13.3. The van der Waals surface area contributed by atoms with Gasteiger partial charge >= 0.3 is 0 Å². The van der Waals surface area contributed by atoms with Crippen molar-refractivity contribution < 1.29 is 0 Å². The van der Waals surface area contributed by atoms with Gasteiger partial charge in [-0.05, 0) is 79.0 Å². The predicted octanol–water partition coefficient (Wildman–Crippen LogP) is 7.65. The lowest BCUT2D eigenvalue weighted by Crippen LogP contribution is -2.48. The van der Waals surface area contributed by atoms with Crippen LogP contribution in [0.25, 0.3) is 0 Å². The van der Waals surface area contributed by atoms with E-state index in [1.165, 1.54) is 30.4 Å². The molecular formula is C39H47Cl2N7. The summed E-state index contributed by atoms with van der Waals surface area (Å²) in [6.07, 6.45) is 9.10. The molecule has 0 amide bonds. The second-order valence-electron chi connectivity index (χ2n) is 12.4. The molecule has 0 spiro atoms. The van der Waals surface area contributed by atoms with Crippen molar-refractivity contribution in [2.45, 2.75) is 44.2 Å². The Kier molecular flexibility index (Phi) is 14.7. The number of hydrogen-bond acceptors (Lipinski definition) is 7. The van der Waals surface area contributed by atoms with Gasteiger partial charge < -0.3 is 10.2 Å². The van der Waals surface area contributed by atoms with Gasteiger partial charge in [0.05, 0.1) is 29.5 Å². The molecular weight excluding hydrogens is 637 g/mol. The average molecular weight is 685 g/mol. The number of piperazine rings is 2. The fourth-order valence-corrected chi connectivity index (χ4v) is 6.83. The maximum absolute atomic E-state index is 8.60. The number of benzene rings is 2. The Bertz CT molecular complexity index is 1500. The van der Waals surface area contributed by atoms with Gasteiger partial charge in [0.25, 0.3) is 0 Å². The third kappa shape index (κ3) is 10.8. The molecule has 2 aliphatic rings. The lowest BCUT2D eigenvalue weighted by atomic mass is 10.0. The molecule has 0 radical (unpaired) electrons. The molecule has 2 aromatic carbocycles. The Morgan fingerprint density at radius 1 is 0.625 bits per heavy atom. The first-order chi connectivity index (χ1) is 23.6. The lowest BCUT2D eigenvalue weighted by Gasteiger charge is -2.39. The van der Waals surface area contributed by atoms with Crippen LogP contribution in [0.1, 0.15) is 66.7 Å². The number of pyridine rings is 2. The number of nitriles is 1. The number of unbranched alkanes of at least 4 members (excludes halogenated alkanes) is 4. The Morgan fingerprint density at radius 3 is 1.60 bits per heavy atom. The van der Waals surface area contributed by atoms with Crippen LogP contribution < -0.4 is 5.32 Å². The molecule has 252 valence electrons. The molecule has 2 unspecified atom stereocenters. The highest BCUT2D eigenvalue weighted by Gasteiger charge is 2.27. The monoisotopic (exact) mass is 683 g/mol. The van der Waals surface area contributed by atoms with Crippen LogP contribution in [0.15, 0.2) is 97.3 Å². The molecule has 2 atom stereocenters. The zero-order valence-electron chi connectivity index (χ0n) is 27.7. The van der Waals surface area contributed by atoms with Crippen molar-refractivity contribution in [3.63, 3.8) is 0 Å². The van der Waals surface area contributed by atoms with E-state index in [2.05, 4.69) is 78.5 Å². The van der Waals surface area contributed by atoms with E-state index in [0.29, 0.717) is 6.42 Å². The molecule has 2 aromatic heterocycles. The van der Waals surface area contributed by atoms with Gasteiger partial charge in [0.15, 0.2) is 0 Å². The van der Waals surface area contributed by atoms with Crippen molar-refractivity contribution in [1.29, 1.82) is 5.26 Å². The third-order valence-electron chi connectivity index (χ3n) is 9.11. The molecule has 2 aliphatic heterocycles. The number of rotatable bonds is 12. The number of halogens is 2. The van der Waals surface area contributed by atoms with E-state index >= 15 is 0 Å². The van der Waals surface area contributed by atoms with Gasteiger partial charge in [0, 0.05) is 81.2 Å². The first-order valence-electron chi connectivity index (χ1n) is 17.2. The van der Waals surface area contributed by atoms with Gasteiger partial charge in [-0.15, -0.1) is 0 Å². The summed E-state index contributed by atoms with van der Waals surface area (Å²) in [5, 5.41) is 13.5. The number of aromatic nitrogens is 2. The topological polar surface area (TPSA) is 71.3 Å². The minimum Gasteiger partial charge on any atom is -0.314 e. The largest absolute Gasteiger partial charge is 0.314 e. The van der Waals surface area contributed by atoms with Crippen molar-refractivity contribution in [3.05, 3.63) is 130 Å². The van der Waals surface area contributed by atoms with Crippen molar-refractivity contribution in [2.75, 3.05) is 58.9 Å². The molecule has 1 N–H and O–H groups in total. The Balaban J connectivity index is 0.000000198. The SMILES string of the molecule is Clc1ccc(C(c2ccccn2)N2CCNCC2)cc1.N#CCCCCCCN1CCN(C(c2ccc(Cl)cc2)c2ccccn2)CC1. The van der Waals surface area contributed by atoms with E-state index in [0.717, 1.165) is 86.8 Å². The van der Waals surface area contributed by atoms with Gasteiger partial charge in [-0.1, -0.05) is 72.4 Å². The van der Waals surface area contributed by atoms with Crippen molar-refractivity contribution >= 4 is 23.2 Å². The van der Waals surface area contributed by atoms with E-state index < -0.39 is 0 Å². The predicted molar refractivity (Wildman–Crippen MR) is 196 cm³/mol. The highest BCUT2D eigenvalue weighted by Crippen LogP contribution is 2.30. The Morgan fingerprint density at radius 2 is 1.12 bits per heavy atom. The van der Waals surface area contributed by atoms with E-state index in [-0.39, 0.29) is 12.1 Å². The van der Waals surface area contributed by atoms with Gasteiger partial charge in [0.2, 0.25) is 0 Å². The smallest absolute Gasteiger partial charge is 0.0777 e. The van der Waals surface area contributed by atoms with Crippen molar-refractivity contribution in [1.82, 2.24) is 30.0 Å². The highest BCUT2D eigenvalue weighted by molar-refractivity contribution is 6.30. The van der Waals surface area contributed by atoms with Crippen LogP contribution in [-0.2, 0) is 0 Å². The van der Waals surface area contributed by atoms with Crippen LogP contribution in [0.3, 0.4) is 0 Å². The molecule has 4 heterocycles. The van der Waals surface area contributed by atoms with Gasteiger partial charge in [-0.2, -0.15) is 5.26 Å². The summed E-state index contributed by atoms with van der Waals surface area (Å²) in [4.78, 5) is 16.8. The normalized spacial score (nSPS) is 17.1. The van der Waals surface area contributed by atoms with E-state index in [9.17, 15) is 0 Å². The van der Waals surface area contributed by atoms with E-state index in [4.69, 9.17) is 28.5 Å². The zero-order valence-corrected chi connectivity index (χ0v) is 29.2. The van der Waals surface area contributed by atoms with Crippen LogP contribution in [-0.4, -0.2) is 83.6 Å². The first-order valence-corrected chi connectivity index (χ1v) is 18.0. The molecule has 9 heteroatoms. The fourth-order valence-electron chi connectivity index (χ4n) is 6.58. The zero-order chi connectivity index (χ0) is 33.4. The lowest BCUT2D eigenvalue weighted by molar-refractivity contribution is 0.107. The van der Waals surface area contributed by atoms with Gasteiger partial charge in [-0.25, -0.2) is 0 Å². The molecule has 6 rings (SSSR count). The molecule has 7 nitrogen and oxygen atoms in total. The molecule has 0 bridgehead atoms. The Labute approximate surface area is 296 Å². The van der Waals surface area contributed by atoms with Gasteiger partial charge in [0.1, 0.15) is 0 Å². The van der Waals surface area contributed by atoms with Gasteiger partial charge in [-0.3, -0.25) is 19.8 Å². The first kappa shape index (κ1) is 35.9. The maximum atomic E-state index is 8.60. The van der Waals surface area contributed by atoms with Crippen molar-refractivity contribution in [2.24, 2.45) is 0 Å². The summed E-state index contributed by atoms with van der Waals surface area (Å²) < 4.78 is 0. The quantitative estimate of drug-likeness (QED) is 0.154. The fraction of sp³-hybridized carbons (Fsp3) is 0.410. The molecule has 0 aliphatic carbocycles. The summed E-state index contributed by atoms with van der Waals surface area (Å²) in [7, 11) is 0. The maximum Gasteiger partial charge on any atom is 0.0777 e. The summed E-state index contributed by atoms with van der Waals surface area (Å²) in [6.45, 7) is 9.54. The minimum atomic E-state index is 0.173. The van der Waals surface area contributed by atoms with Crippen LogP contribution in [0, 0.1) is 11.3 Å². The van der Waals surface area contributed by atoms with E-state index in [1.54, 1.807) is 0 Å². The van der Waals surface area contributed by atoms with E-state index in [1.807, 2.05) is 54.9 Å². The summed E-state index contributed by atoms with van der Waals surface area (Å²) >= 11 is 12.1. The summed E-state index contributed by atoms with van der Waals surface area (Å²) in [5.74, 6) is 0. The minimum absolute atomic E-state index is 0.173. The van der Waals surface area contributed by atoms with Crippen molar-refractivity contribution in [3.8, 4) is 6.07 Å². The summed E-state index contributed by atoms with van der Waals surface area (Å²) in [6, 6.07) is 31.1. The molecule has 2 fully saturated rings. The molecule has 2 saturated heterocycles. The van der Waals surface area contributed by atoms with Crippen LogP contribution in [0.4, 0.5) is 0 Å². The standard InChI is InChI=1S/C23H29ClN4.C16H18ClN3/c24-21-11-9-20(10-12-21)23(22-8-4-6-14-26-22)28-18-16-27(17-19-28)15-7-3-1-2-5-13-25;17-14-6-4-13(5-7-14)16(15-3-1-2-8-19-15)20-11-9-18-10-12-20/h4,6,8-12,14,23H,1-3,5,7,15-19H2;1-8,16,18H,9-12H2. The molecule has 48 heavy (non-hydrogen) atoms. The Hall–Kier alpha value is -3.35. The summed E-state index contributed by atoms with van der Waals surface area (Å²) in [5.41, 5.74) is 4.68. The second kappa shape index (κ2) is 19.6. The van der Waals surface area contributed by atoms with Crippen LogP contribution in [0.5, 0.6) is 0 Å². The highest BCUT2D eigenvalue weighted by atomic mass is 35.5. The van der Waals surface area contributed by atoms with Crippen LogP contribution >= 0.6 is 23.2 Å². The number of hydrogen-bond donors (Lipinski definition) is 1. The molecule has 4 aromatic rings. The number of nitrogens with one attached hydrogen (secondary N) is 1. The van der Waals surface area contributed by atoms with Crippen LogP contribution in [0.2, 0.25) is 10.0 Å². The third-order valence-corrected chi connectivity index (χ3v) is 9.61.